The molecule has 0 spiro atoms. The number of hydrogen-bond acceptors (Lipinski definition) is 3. The third kappa shape index (κ3) is 4.22. The number of aromatic hydroxyl groups is 1. The van der Waals surface area contributed by atoms with E-state index in [1.165, 1.54) is 6.20 Å². The predicted molar refractivity (Wildman–Crippen MR) is 162 cm³/mol. The Morgan fingerprint density at radius 2 is 1.30 bits per heavy atom. The van der Waals surface area contributed by atoms with Crippen molar-refractivity contribution in [3.8, 4) is 56.3 Å². The molecule has 0 unspecified atom stereocenters. The van der Waals surface area contributed by atoms with Gasteiger partial charge in [0.2, 0.25) is 0 Å². The summed E-state index contributed by atoms with van der Waals surface area (Å²) >= 11 is 0. The van der Waals surface area contributed by atoms with Crippen LogP contribution in [0.5, 0.6) is 5.75 Å². The fourth-order valence-electron chi connectivity index (χ4n) is 5.10. The van der Waals surface area contributed by atoms with Crippen molar-refractivity contribution in [2.24, 2.45) is 0 Å². The SMILES string of the molecule is [2H]c1cnc(-c2cccc(-c3cccc4c3nc(-c3ccccc3O)n4-c3ccccc3)c2)c([2H])c1-c1ccccc1. The molecule has 0 saturated carbocycles. The minimum absolute atomic E-state index is 0.162. The number of imidazole rings is 1. The normalized spacial score (nSPS) is 11.8. The van der Waals surface area contributed by atoms with Crippen molar-refractivity contribution in [3.63, 3.8) is 0 Å². The Labute approximate surface area is 235 Å². The Balaban J connectivity index is 1.42. The van der Waals surface area contributed by atoms with Crippen molar-refractivity contribution >= 4 is 11.0 Å². The molecule has 0 aliphatic rings. The fourth-order valence-corrected chi connectivity index (χ4v) is 5.10. The van der Waals surface area contributed by atoms with Crippen molar-refractivity contribution < 1.29 is 7.85 Å². The molecule has 2 heterocycles. The Bertz CT molecular complexity index is 2070. The number of para-hydroxylation sites is 3. The molecule has 4 nitrogen and oxygen atoms in total. The van der Waals surface area contributed by atoms with Crippen LogP contribution >= 0.6 is 0 Å². The molecule has 4 heteroatoms. The zero-order valence-electron chi connectivity index (χ0n) is 23.5. The first-order chi connectivity index (χ1) is 20.6. The van der Waals surface area contributed by atoms with Crippen LogP contribution in [0, 0.1) is 0 Å². The molecule has 0 radical (unpaired) electrons. The average molecular weight is 518 g/mol. The van der Waals surface area contributed by atoms with E-state index in [0.717, 1.165) is 39.0 Å². The second kappa shape index (κ2) is 10.0. The van der Waals surface area contributed by atoms with Gasteiger partial charge < -0.3 is 5.11 Å². The highest BCUT2D eigenvalue weighted by atomic mass is 16.3. The highest BCUT2D eigenvalue weighted by Gasteiger charge is 2.19. The maximum Gasteiger partial charge on any atom is 0.149 e. The van der Waals surface area contributed by atoms with Gasteiger partial charge in [0.05, 0.1) is 25.0 Å². The number of nitrogens with zero attached hydrogens (tertiary/aromatic N) is 3. The Morgan fingerprint density at radius 3 is 2.12 bits per heavy atom. The lowest BCUT2D eigenvalue weighted by atomic mass is 9.99. The Kier molecular flexibility index (Phi) is 5.37. The van der Waals surface area contributed by atoms with Gasteiger partial charge in [-0.25, -0.2) is 4.98 Å². The van der Waals surface area contributed by atoms with Crippen LogP contribution in [-0.2, 0) is 0 Å². The molecule has 0 amide bonds. The molecule has 40 heavy (non-hydrogen) atoms. The highest BCUT2D eigenvalue weighted by Crippen LogP contribution is 2.38. The molecular formula is C36H25N3O. The van der Waals surface area contributed by atoms with Crippen molar-refractivity contribution in [1.82, 2.24) is 14.5 Å². The zero-order valence-corrected chi connectivity index (χ0v) is 21.5. The number of fused-ring (bicyclic) bond motifs is 1. The van der Waals surface area contributed by atoms with Crippen LogP contribution < -0.4 is 0 Å². The number of aromatic nitrogens is 3. The standard InChI is InChI=1S/C36H25N3O/c40-34-20-8-7-17-31(34)36-38-35-30(18-10-19-33(35)39(36)29-15-5-2-6-16-29)27-13-9-14-28(23-27)32-24-26(21-22-37-32)25-11-3-1-4-12-25/h1-24,40H/i21D,24D. The van der Waals surface area contributed by atoms with Crippen LogP contribution in [0.4, 0.5) is 0 Å². The topological polar surface area (TPSA) is 50.9 Å². The summed E-state index contributed by atoms with van der Waals surface area (Å²) in [6.45, 7) is 0. The molecule has 7 rings (SSSR count). The van der Waals surface area contributed by atoms with E-state index in [-0.39, 0.29) is 17.8 Å². The smallest absolute Gasteiger partial charge is 0.149 e. The Morgan fingerprint density at radius 1 is 0.625 bits per heavy atom. The summed E-state index contributed by atoms with van der Waals surface area (Å²) in [5, 5.41) is 10.8. The molecular weight excluding hydrogens is 490 g/mol. The van der Waals surface area contributed by atoms with Gasteiger partial charge in [-0.05, 0) is 65.2 Å². The van der Waals surface area contributed by atoms with E-state index in [9.17, 15) is 5.11 Å². The van der Waals surface area contributed by atoms with Crippen LogP contribution in [0.25, 0.3) is 61.6 Å². The third-order valence-corrected chi connectivity index (χ3v) is 7.00. The van der Waals surface area contributed by atoms with Gasteiger partial charge in [-0.15, -0.1) is 0 Å². The van der Waals surface area contributed by atoms with E-state index >= 15 is 0 Å². The molecule has 5 aromatic carbocycles. The predicted octanol–water partition coefficient (Wildman–Crippen LogP) is 8.79. The number of pyridine rings is 1. The van der Waals surface area contributed by atoms with Gasteiger partial charge in [0.1, 0.15) is 11.6 Å². The molecule has 1 N–H and O–H groups in total. The Hall–Kier alpha value is -5.48. The van der Waals surface area contributed by atoms with Gasteiger partial charge in [-0.3, -0.25) is 9.55 Å². The largest absolute Gasteiger partial charge is 0.507 e. The summed E-state index contributed by atoms with van der Waals surface area (Å²) < 4.78 is 19.5. The first-order valence-corrected chi connectivity index (χ1v) is 13.1. The lowest BCUT2D eigenvalue weighted by Gasteiger charge is -2.11. The van der Waals surface area contributed by atoms with Gasteiger partial charge in [-0.2, -0.15) is 0 Å². The highest BCUT2D eigenvalue weighted by molar-refractivity contribution is 5.96. The minimum Gasteiger partial charge on any atom is -0.507 e. The summed E-state index contributed by atoms with van der Waals surface area (Å²) in [4.78, 5) is 9.62. The zero-order chi connectivity index (χ0) is 28.6. The van der Waals surface area contributed by atoms with E-state index in [0.29, 0.717) is 22.6 Å². The molecule has 0 bridgehead atoms. The van der Waals surface area contributed by atoms with Gasteiger partial charge in [0.15, 0.2) is 0 Å². The lowest BCUT2D eigenvalue weighted by Crippen LogP contribution is -1.97. The number of rotatable bonds is 5. The van der Waals surface area contributed by atoms with Gasteiger partial charge in [-0.1, -0.05) is 91.0 Å². The van der Waals surface area contributed by atoms with Gasteiger partial charge in [0.25, 0.3) is 0 Å². The molecule has 0 fully saturated rings. The van der Waals surface area contributed by atoms with Crippen molar-refractivity contribution in [2.45, 2.75) is 0 Å². The van der Waals surface area contributed by atoms with Crippen LogP contribution in [0.15, 0.2) is 146 Å². The second-order valence-corrected chi connectivity index (χ2v) is 9.49. The molecule has 0 aliphatic heterocycles. The number of phenolic OH excluding ortho intramolecular Hbond substituents is 1. The second-order valence-electron chi connectivity index (χ2n) is 9.49. The summed E-state index contributed by atoms with van der Waals surface area (Å²) in [5.41, 5.74) is 7.82. The monoisotopic (exact) mass is 517 g/mol. The first kappa shape index (κ1) is 21.5. The van der Waals surface area contributed by atoms with E-state index < -0.39 is 0 Å². The lowest BCUT2D eigenvalue weighted by molar-refractivity contribution is 0.477. The molecule has 0 aliphatic carbocycles. The molecule has 2 aromatic heterocycles. The molecule has 7 aromatic rings. The van der Waals surface area contributed by atoms with E-state index in [1.54, 1.807) is 12.1 Å². The summed E-state index contributed by atoms with van der Waals surface area (Å²) in [6.07, 6.45) is 1.52. The number of phenols is 1. The van der Waals surface area contributed by atoms with Gasteiger partial charge in [0, 0.05) is 23.0 Å². The summed E-state index contributed by atoms with van der Waals surface area (Å²) in [7, 11) is 0. The maximum absolute atomic E-state index is 10.8. The van der Waals surface area contributed by atoms with E-state index in [4.69, 9.17) is 7.73 Å². The minimum atomic E-state index is 0.162. The summed E-state index contributed by atoms with van der Waals surface area (Å²) in [5.74, 6) is 0.807. The molecule has 0 atom stereocenters. The molecule has 0 saturated heterocycles. The van der Waals surface area contributed by atoms with Crippen LogP contribution in [0.1, 0.15) is 2.74 Å². The fraction of sp³-hybridized carbons (Fsp3) is 0. The average Bonchev–Trinajstić information content (AvgIpc) is 3.42. The number of benzene rings is 5. The molecule has 190 valence electrons. The quantitative estimate of drug-likeness (QED) is 0.248. The number of hydrogen-bond donors (Lipinski definition) is 1. The van der Waals surface area contributed by atoms with Crippen molar-refractivity contribution in [2.75, 3.05) is 0 Å². The van der Waals surface area contributed by atoms with Crippen molar-refractivity contribution in [1.29, 1.82) is 0 Å². The van der Waals surface area contributed by atoms with Gasteiger partial charge >= 0.3 is 0 Å². The van der Waals surface area contributed by atoms with E-state index in [2.05, 4.69) is 9.55 Å². The maximum atomic E-state index is 10.8. The van der Waals surface area contributed by atoms with E-state index in [1.807, 2.05) is 115 Å². The first-order valence-electron chi connectivity index (χ1n) is 14.1. The van der Waals surface area contributed by atoms with Crippen LogP contribution in [-0.4, -0.2) is 19.6 Å². The van der Waals surface area contributed by atoms with Crippen LogP contribution in [0.2, 0.25) is 0 Å². The third-order valence-electron chi connectivity index (χ3n) is 7.00. The van der Waals surface area contributed by atoms with Crippen molar-refractivity contribution in [3.05, 3.63) is 146 Å². The summed E-state index contributed by atoms with van der Waals surface area (Å²) in [6, 6.07) is 41.3. The van der Waals surface area contributed by atoms with Crippen LogP contribution in [0.3, 0.4) is 0 Å².